The zero-order valence-electron chi connectivity index (χ0n) is 10.7. The van der Waals surface area contributed by atoms with Gasteiger partial charge in [-0.05, 0) is 26.0 Å². The van der Waals surface area contributed by atoms with E-state index in [2.05, 4.69) is 5.32 Å². The summed E-state index contributed by atoms with van der Waals surface area (Å²) in [5.74, 6) is 1.21. The predicted molar refractivity (Wildman–Crippen MR) is 76.7 cm³/mol. The van der Waals surface area contributed by atoms with Gasteiger partial charge in [0.1, 0.15) is 0 Å². The highest BCUT2D eigenvalue weighted by Crippen LogP contribution is 2.29. The van der Waals surface area contributed by atoms with Crippen LogP contribution in [0.3, 0.4) is 0 Å². The summed E-state index contributed by atoms with van der Waals surface area (Å²) < 4.78 is 0. The molecular formula is C12H23NO2S2. The lowest BCUT2D eigenvalue weighted by Crippen LogP contribution is -2.43. The largest absolute Gasteiger partial charge is 0.387 e. The van der Waals surface area contributed by atoms with E-state index < -0.39 is 5.60 Å². The highest BCUT2D eigenvalue weighted by atomic mass is 32.2. The van der Waals surface area contributed by atoms with Crippen LogP contribution in [-0.4, -0.2) is 46.2 Å². The first-order valence-corrected chi connectivity index (χ1v) is 8.57. The molecule has 0 aliphatic heterocycles. The Balaban J connectivity index is 2.11. The fourth-order valence-electron chi connectivity index (χ4n) is 1.95. The maximum Gasteiger partial charge on any atom is 0.230 e. The van der Waals surface area contributed by atoms with E-state index in [1.165, 1.54) is 25.7 Å². The maximum absolute atomic E-state index is 11.6. The zero-order chi connectivity index (χ0) is 12.7. The molecule has 0 radical (unpaired) electrons. The summed E-state index contributed by atoms with van der Waals surface area (Å²) >= 11 is 3.34. The van der Waals surface area contributed by atoms with Crippen molar-refractivity contribution in [3.63, 3.8) is 0 Å². The molecule has 0 aromatic heterocycles. The molecule has 1 aliphatic carbocycles. The molecule has 1 aliphatic rings. The highest BCUT2D eigenvalue weighted by Gasteiger charge is 2.21. The third-order valence-electron chi connectivity index (χ3n) is 2.87. The molecule has 1 atom stereocenters. The van der Waals surface area contributed by atoms with Gasteiger partial charge in [-0.1, -0.05) is 12.8 Å². The smallest absolute Gasteiger partial charge is 0.230 e. The van der Waals surface area contributed by atoms with Crippen LogP contribution in [0.2, 0.25) is 0 Å². The molecule has 0 aromatic carbocycles. The summed E-state index contributed by atoms with van der Waals surface area (Å²) in [5, 5.41) is 13.4. The molecule has 0 bridgehead atoms. The van der Waals surface area contributed by atoms with Crippen LogP contribution >= 0.6 is 23.5 Å². The number of rotatable bonds is 7. The van der Waals surface area contributed by atoms with Crippen molar-refractivity contribution in [3.05, 3.63) is 0 Å². The van der Waals surface area contributed by atoms with E-state index in [-0.39, 0.29) is 5.91 Å². The van der Waals surface area contributed by atoms with Crippen molar-refractivity contribution < 1.29 is 9.90 Å². The molecule has 1 amide bonds. The lowest BCUT2D eigenvalue weighted by atomic mass is 10.1. The Morgan fingerprint density at radius 1 is 1.47 bits per heavy atom. The molecular weight excluding hydrogens is 254 g/mol. The van der Waals surface area contributed by atoms with Crippen molar-refractivity contribution in [3.8, 4) is 0 Å². The second-order valence-corrected chi connectivity index (χ2v) is 7.08. The van der Waals surface area contributed by atoms with Crippen molar-refractivity contribution in [1.29, 1.82) is 0 Å². The van der Waals surface area contributed by atoms with Crippen LogP contribution in [-0.2, 0) is 4.79 Å². The third kappa shape index (κ3) is 6.58. The van der Waals surface area contributed by atoms with Crippen molar-refractivity contribution >= 4 is 29.4 Å². The molecule has 0 spiro atoms. The normalized spacial score (nSPS) is 20.2. The Morgan fingerprint density at radius 2 is 2.12 bits per heavy atom. The van der Waals surface area contributed by atoms with E-state index >= 15 is 0 Å². The van der Waals surface area contributed by atoms with Gasteiger partial charge in [0.15, 0.2) is 0 Å². The fourth-order valence-corrected chi connectivity index (χ4v) is 3.83. The molecule has 1 rings (SSSR count). The van der Waals surface area contributed by atoms with Gasteiger partial charge >= 0.3 is 0 Å². The summed E-state index contributed by atoms with van der Waals surface area (Å²) in [5.41, 5.74) is -0.799. The predicted octanol–water partition coefficient (Wildman–Crippen LogP) is 1.89. The Hall–Kier alpha value is 0.130. The second-order valence-electron chi connectivity index (χ2n) is 4.92. The van der Waals surface area contributed by atoms with Gasteiger partial charge in [-0.25, -0.2) is 0 Å². The summed E-state index contributed by atoms with van der Waals surface area (Å²) in [4.78, 5) is 11.6. The second kappa shape index (κ2) is 7.54. The number of hydrogen-bond donors (Lipinski definition) is 2. The van der Waals surface area contributed by atoms with Crippen LogP contribution in [0.1, 0.15) is 32.6 Å². The molecule has 0 aromatic rings. The SMILES string of the molecule is CSC[C@](C)(O)CNC(=O)CSC1CCCC1. The van der Waals surface area contributed by atoms with Crippen LogP contribution < -0.4 is 5.32 Å². The topological polar surface area (TPSA) is 49.3 Å². The lowest BCUT2D eigenvalue weighted by molar-refractivity contribution is -0.119. The van der Waals surface area contributed by atoms with Crippen LogP contribution in [0.4, 0.5) is 0 Å². The van der Waals surface area contributed by atoms with Gasteiger partial charge in [0.05, 0.1) is 11.4 Å². The number of carbonyl (C=O) groups is 1. The molecule has 3 nitrogen and oxygen atoms in total. The van der Waals surface area contributed by atoms with Gasteiger partial charge < -0.3 is 10.4 Å². The zero-order valence-corrected chi connectivity index (χ0v) is 12.3. The van der Waals surface area contributed by atoms with Gasteiger partial charge in [0.2, 0.25) is 5.91 Å². The molecule has 2 N–H and O–H groups in total. The molecule has 100 valence electrons. The van der Waals surface area contributed by atoms with Crippen molar-refractivity contribution in [2.24, 2.45) is 0 Å². The standard InChI is InChI=1S/C12H23NO2S2/c1-12(15,9-16-2)8-13-11(14)7-17-10-5-3-4-6-10/h10,15H,3-9H2,1-2H3,(H,13,14)/t12-/m1/s1. The molecule has 0 heterocycles. The number of thioether (sulfide) groups is 2. The maximum atomic E-state index is 11.6. The Morgan fingerprint density at radius 3 is 2.71 bits per heavy atom. The Bertz CT molecular complexity index is 241. The highest BCUT2D eigenvalue weighted by molar-refractivity contribution is 8.00. The summed E-state index contributed by atoms with van der Waals surface area (Å²) in [7, 11) is 0. The van der Waals surface area contributed by atoms with Crippen LogP contribution in [0, 0.1) is 0 Å². The van der Waals surface area contributed by atoms with E-state index in [1.807, 2.05) is 6.26 Å². The first-order valence-electron chi connectivity index (χ1n) is 6.13. The van der Waals surface area contributed by atoms with Gasteiger partial charge in [0, 0.05) is 17.5 Å². The lowest BCUT2D eigenvalue weighted by Gasteiger charge is -2.22. The van der Waals surface area contributed by atoms with Crippen LogP contribution in [0.15, 0.2) is 0 Å². The monoisotopic (exact) mass is 277 g/mol. The number of hydrogen-bond acceptors (Lipinski definition) is 4. The van der Waals surface area contributed by atoms with E-state index in [9.17, 15) is 9.90 Å². The number of aliphatic hydroxyl groups is 1. The Labute approximate surface area is 112 Å². The quantitative estimate of drug-likeness (QED) is 0.746. The van der Waals surface area contributed by atoms with Crippen molar-refractivity contribution in [2.45, 2.75) is 43.5 Å². The van der Waals surface area contributed by atoms with Gasteiger partial charge in [-0.2, -0.15) is 11.8 Å². The fraction of sp³-hybridized carbons (Fsp3) is 0.917. The van der Waals surface area contributed by atoms with E-state index in [0.29, 0.717) is 23.3 Å². The van der Waals surface area contributed by atoms with E-state index in [1.54, 1.807) is 30.4 Å². The summed E-state index contributed by atoms with van der Waals surface area (Å²) in [6.07, 6.45) is 7.07. The molecule has 1 fully saturated rings. The number of amides is 1. The van der Waals surface area contributed by atoms with Gasteiger partial charge in [-0.15, -0.1) is 11.8 Å². The van der Waals surface area contributed by atoms with Crippen molar-refractivity contribution in [1.82, 2.24) is 5.32 Å². The minimum absolute atomic E-state index is 0.0447. The van der Waals surface area contributed by atoms with Crippen LogP contribution in [0.25, 0.3) is 0 Å². The summed E-state index contributed by atoms with van der Waals surface area (Å²) in [6, 6.07) is 0. The third-order valence-corrected chi connectivity index (χ3v) is 5.16. The molecule has 0 saturated heterocycles. The first kappa shape index (κ1) is 15.2. The van der Waals surface area contributed by atoms with Crippen molar-refractivity contribution in [2.75, 3.05) is 24.3 Å². The number of carbonyl (C=O) groups excluding carboxylic acids is 1. The summed E-state index contributed by atoms with van der Waals surface area (Å²) in [6.45, 7) is 2.10. The molecule has 1 saturated carbocycles. The van der Waals surface area contributed by atoms with E-state index in [4.69, 9.17) is 0 Å². The van der Waals surface area contributed by atoms with Gasteiger partial charge in [-0.3, -0.25) is 4.79 Å². The first-order chi connectivity index (χ1) is 8.03. The van der Waals surface area contributed by atoms with Gasteiger partial charge in [0.25, 0.3) is 0 Å². The molecule has 0 unspecified atom stereocenters. The average Bonchev–Trinajstić information content (AvgIpc) is 2.76. The van der Waals surface area contributed by atoms with Crippen LogP contribution in [0.5, 0.6) is 0 Å². The molecule has 17 heavy (non-hydrogen) atoms. The number of nitrogens with one attached hydrogen (secondary N) is 1. The molecule has 5 heteroatoms. The minimum atomic E-state index is -0.799. The Kier molecular flexibility index (Phi) is 6.74. The minimum Gasteiger partial charge on any atom is -0.387 e. The van der Waals surface area contributed by atoms with E-state index in [0.717, 1.165) is 0 Å². The average molecular weight is 277 g/mol.